The zero-order valence-electron chi connectivity index (χ0n) is 16.1. The number of carbonyl (C=O) groups is 1. The van der Waals surface area contributed by atoms with E-state index in [0.717, 1.165) is 30.6 Å². The fourth-order valence-corrected chi connectivity index (χ4v) is 3.46. The van der Waals surface area contributed by atoms with Gasteiger partial charge in [-0.15, -0.1) is 5.10 Å². The second-order valence-electron chi connectivity index (χ2n) is 7.51. The molecule has 9 nitrogen and oxygen atoms in total. The Morgan fingerprint density at radius 2 is 2.04 bits per heavy atom. The minimum Gasteiger partial charge on any atom is -0.486 e. The number of piperidine rings is 1. The number of hydrogen-bond donors (Lipinski definition) is 1. The third-order valence-corrected chi connectivity index (χ3v) is 5.24. The number of fused-ring (bicyclic) bond motifs is 1. The van der Waals surface area contributed by atoms with Gasteiger partial charge in [0.05, 0.1) is 13.1 Å². The number of benzene rings is 1. The third-order valence-electron chi connectivity index (χ3n) is 5.24. The quantitative estimate of drug-likeness (QED) is 0.787. The van der Waals surface area contributed by atoms with Crippen LogP contribution in [0.15, 0.2) is 24.3 Å². The van der Waals surface area contributed by atoms with Crippen LogP contribution in [-0.2, 0) is 17.9 Å². The summed E-state index contributed by atoms with van der Waals surface area (Å²) in [6.07, 6.45) is 2.16. The molecule has 4 rings (SSSR count). The number of nitrogens with one attached hydrogen (secondary N) is 1. The molecule has 1 saturated heterocycles. The largest absolute Gasteiger partial charge is 0.486 e. The Balaban J connectivity index is 1.25. The molecule has 1 atom stereocenters. The Morgan fingerprint density at radius 3 is 2.86 bits per heavy atom. The maximum atomic E-state index is 12.3. The number of ether oxygens (including phenoxy) is 2. The lowest BCUT2D eigenvalue weighted by molar-refractivity contribution is -0.122. The summed E-state index contributed by atoms with van der Waals surface area (Å²) in [5.74, 6) is 2.78. The van der Waals surface area contributed by atoms with Crippen LogP contribution in [0.2, 0.25) is 0 Å². The van der Waals surface area contributed by atoms with Gasteiger partial charge in [0.2, 0.25) is 5.91 Å². The zero-order chi connectivity index (χ0) is 19.3. The van der Waals surface area contributed by atoms with Gasteiger partial charge in [-0.2, -0.15) is 0 Å². The predicted octanol–water partition coefficient (Wildman–Crippen LogP) is 0.861. The van der Waals surface area contributed by atoms with Crippen molar-refractivity contribution in [2.75, 3.05) is 26.2 Å². The summed E-state index contributed by atoms with van der Waals surface area (Å²) in [5.41, 5.74) is 0. The Labute approximate surface area is 164 Å². The van der Waals surface area contributed by atoms with Crippen LogP contribution < -0.4 is 14.8 Å². The molecule has 2 aliphatic rings. The average Bonchev–Trinajstić information content (AvgIpc) is 3.14. The fourth-order valence-electron chi connectivity index (χ4n) is 3.46. The summed E-state index contributed by atoms with van der Waals surface area (Å²) in [5, 5.41) is 14.7. The molecule has 0 radical (unpaired) electrons. The lowest BCUT2D eigenvalue weighted by atomic mass is 9.99. The summed E-state index contributed by atoms with van der Waals surface area (Å²) in [7, 11) is 0. The van der Waals surface area contributed by atoms with Crippen molar-refractivity contribution in [2.45, 2.75) is 39.0 Å². The van der Waals surface area contributed by atoms with E-state index in [0.29, 0.717) is 25.4 Å². The number of carbonyl (C=O) groups excluding carboxylic acids is 1. The molecule has 150 valence electrons. The number of rotatable bonds is 6. The summed E-state index contributed by atoms with van der Waals surface area (Å²) in [6.45, 7) is 5.91. The molecular formula is C19H26N6O3. The summed E-state index contributed by atoms with van der Waals surface area (Å²) in [4.78, 5) is 14.7. The van der Waals surface area contributed by atoms with Gasteiger partial charge in [-0.3, -0.25) is 9.69 Å². The Bertz CT molecular complexity index is 802. The van der Waals surface area contributed by atoms with Gasteiger partial charge < -0.3 is 14.8 Å². The summed E-state index contributed by atoms with van der Waals surface area (Å²) < 4.78 is 13.1. The normalized spacial score (nSPS) is 20.1. The van der Waals surface area contributed by atoms with Crippen molar-refractivity contribution < 1.29 is 14.3 Å². The van der Waals surface area contributed by atoms with Crippen LogP contribution in [0.25, 0.3) is 0 Å². The number of likely N-dealkylation sites (tertiary alicyclic amines) is 1. The topological polar surface area (TPSA) is 94.4 Å². The predicted molar refractivity (Wildman–Crippen MR) is 101 cm³/mol. The molecule has 2 aromatic rings. The van der Waals surface area contributed by atoms with Crippen molar-refractivity contribution in [3.05, 3.63) is 30.1 Å². The Hall–Kier alpha value is -2.68. The van der Waals surface area contributed by atoms with Crippen molar-refractivity contribution in [3.8, 4) is 11.5 Å². The molecule has 9 heteroatoms. The van der Waals surface area contributed by atoms with E-state index in [4.69, 9.17) is 9.47 Å². The second-order valence-corrected chi connectivity index (χ2v) is 7.51. The first kappa shape index (κ1) is 18.7. The van der Waals surface area contributed by atoms with E-state index >= 15 is 0 Å². The molecule has 3 heterocycles. The van der Waals surface area contributed by atoms with E-state index < -0.39 is 0 Å². The number of tetrazole rings is 1. The molecule has 0 unspecified atom stereocenters. The monoisotopic (exact) mass is 386 g/mol. The summed E-state index contributed by atoms with van der Waals surface area (Å²) in [6, 6.07) is 7.52. The highest BCUT2D eigenvalue weighted by atomic mass is 16.6. The van der Waals surface area contributed by atoms with Crippen molar-refractivity contribution in [1.82, 2.24) is 30.4 Å². The van der Waals surface area contributed by atoms with Gasteiger partial charge in [0, 0.05) is 0 Å². The van der Waals surface area contributed by atoms with Crippen molar-refractivity contribution >= 4 is 5.91 Å². The molecule has 1 aromatic heterocycles. The third kappa shape index (κ3) is 4.59. The number of para-hydroxylation sites is 2. The van der Waals surface area contributed by atoms with Crippen LogP contribution in [0.5, 0.6) is 11.5 Å². The number of amides is 1. The zero-order valence-corrected chi connectivity index (χ0v) is 16.1. The molecule has 2 aliphatic heterocycles. The number of nitrogens with zero attached hydrogens (tertiary/aromatic N) is 5. The van der Waals surface area contributed by atoms with Gasteiger partial charge >= 0.3 is 0 Å². The van der Waals surface area contributed by atoms with E-state index in [9.17, 15) is 4.79 Å². The molecule has 0 saturated carbocycles. The first-order chi connectivity index (χ1) is 13.7. The van der Waals surface area contributed by atoms with Crippen molar-refractivity contribution in [1.29, 1.82) is 0 Å². The standard InChI is InChI=1S/C19H26N6O3/c1-14-6-8-24(9-7-14)11-18-21-22-23-25(18)12-19(26)20-10-15-13-27-16-4-2-3-5-17(16)28-15/h2-5,14-15H,6-13H2,1H3,(H,20,26)/t15-/m0/s1. The van der Waals surface area contributed by atoms with Gasteiger partial charge in [0.1, 0.15) is 19.3 Å². The molecular weight excluding hydrogens is 360 g/mol. The SMILES string of the molecule is CC1CCN(Cc2nnnn2CC(=O)NC[C@H]2COc3ccccc3O2)CC1. The maximum absolute atomic E-state index is 12.3. The lowest BCUT2D eigenvalue weighted by Gasteiger charge is -2.29. The Kier molecular flexibility index (Phi) is 5.70. The molecule has 0 bridgehead atoms. The van der Waals surface area contributed by atoms with Crippen LogP contribution in [0.3, 0.4) is 0 Å². The molecule has 28 heavy (non-hydrogen) atoms. The van der Waals surface area contributed by atoms with Crippen molar-refractivity contribution in [2.24, 2.45) is 5.92 Å². The minimum absolute atomic E-state index is 0.0940. The van der Waals surface area contributed by atoms with Crippen LogP contribution in [-0.4, -0.2) is 63.4 Å². The highest BCUT2D eigenvalue weighted by Gasteiger charge is 2.22. The first-order valence-corrected chi connectivity index (χ1v) is 9.80. The minimum atomic E-state index is -0.220. The van der Waals surface area contributed by atoms with Crippen LogP contribution in [0, 0.1) is 5.92 Å². The molecule has 1 N–H and O–H groups in total. The molecule has 1 fully saturated rings. The van der Waals surface area contributed by atoms with Crippen LogP contribution in [0.4, 0.5) is 0 Å². The molecule has 1 aromatic carbocycles. The highest BCUT2D eigenvalue weighted by molar-refractivity contribution is 5.75. The van der Waals surface area contributed by atoms with Crippen LogP contribution >= 0.6 is 0 Å². The van der Waals surface area contributed by atoms with E-state index in [-0.39, 0.29) is 18.6 Å². The van der Waals surface area contributed by atoms with Gasteiger partial charge in [-0.25, -0.2) is 4.68 Å². The average molecular weight is 386 g/mol. The first-order valence-electron chi connectivity index (χ1n) is 9.80. The van der Waals surface area contributed by atoms with Crippen molar-refractivity contribution in [3.63, 3.8) is 0 Å². The molecule has 1 amide bonds. The fraction of sp³-hybridized carbons (Fsp3) is 0.579. The van der Waals surface area contributed by atoms with E-state index in [2.05, 4.69) is 32.7 Å². The summed E-state index contributed by atoms with van der Waals surface area (Å²) >= 11 is 0. The molecule has 0 aliphatic carbocycles. The lowest BCUT2D eigenvalue weighted by Crippen LogP contribution is -2.42. The van der Waals surface area contributed by atoms with Gasteiger partial charge in [-0.05, 0) is 54.4 Å². The van der Waals surface area contributed by atoms with E-state index in [1.165, 1.54) is 12.8 Å². The second kappa shape index (κ2) is 8.55. The van der Waals surface area contributed by atoms with E-state index in [1.807, 2.05) is 24.3 Å². The maximum Gasteiger partial charge on any atom is 0.242 e. The Morgan fingerprint density at radius 1 is 1.25 bits per heavy atom. The van der Waals surface area contributed by atoms with Gasteiger partial charge in [0.15, 0.2) is 17.3 Å². The highest BCUT2D eigenvalue weighted by Crippen LogP contribution is 2.30. The molecule has 0 spiro atoms. The smallest absolute Gasteiger partial charge is 0.242 e. The number of aromatic nitrogens is 4. The van der Waals surface area contributed by atoms with E-state index in [1.54, 1.807) is 4.68 Å². The number of hydrogen-bond acceptors (Lipinski definition) is 7. The van der Waals surface area contributed by atoms with Gasteiger partial charge in [-0.1, -0.05) is 19.1 Å². The van der Waals surface area contributed by atoms with Crippen LogP contribution in [0.1, 0.15) is 25.6 Å². The van der Waals surface area contributed by atoms with Gasteiger partial charge in [0.25, 0.3) is 0 Å².